The van der Waals surface area contributed by atoms with Crippen molar-refractivity contribution < 1.29 is 24.6 Å². The molecule has 0 heterocycles. The minimum Gasteiger partial charge on any atom is -0.465 e. The molecule has 9 nitrogen and oxygen atoms in total. The number of hydrogen-bond donors (Lipinski definition) is 5. The van der Waals surface area contributed by atoms with Gasteiger partial charge in [0.2, 0.25) is 6.41 Å². The Kier molecular flexibility index (Phi) is 13.1. The Morgan fingerprint density at radius 2 is 1.80 bits per heavy atom. The first-order valence-corrected chi connectivity index (χ1v) is 7.87. The minimum atomic E-state index is -1.04. The minimum absolute atomic E-state index is 0.371. The van der Waals surface area contributed by atoms with Gasteiger partial charge in [-0.05, 0) is 24.9 Å². The Bertz CT molecular complexity index is 499. The molecule has 0 aliphatic heterocycles. The van der Waals surface area contributed by atoms with Crippen molar-refractivity contribution in [3.05, 3.63) is 35.9 Å². The maximum absolute atomic E-state index is 10.9. The van der Waals surface area contributed by atoms with Gasteiger partial charge in [0.1, 0.15) is 0 Å². The SMILES string of the molecule is NCCCN(Cc1ccccc1)C(=O)O.O=CNCCCNC(=O)O. The number of nitrogens with two attached hydrogens (primary N) is 1. The summed E-state index contributed by atoms with van der Waals surface area (Å²) in [6.45, 7) is 2.30. The Morgan fingerprint density at radius 3 is 2.32 bits per heavy atom. The summed E-state index contributed by atoms with van der Waals surface area (Å²) in [7, 11) is 0. The van der Waals surface area contributed by atoms with Gasteiger partial charge in [-0.3, -0.25) is 4.79 Å². The molecule has 0 bridgehead atoms. The fraction of sp³-hybridized carbons (Fsp3) is 0.438. The lowest BCUT2D eigenvalue weighted by atomic mass is 10.2. The number of hydrogen-bond acceptors (Lipinski definition) is 4. The van der Waals surface area contributed by atoms with Gasteiger partial charge >= 0.3 is 12.2 Å². The lowest BCUT2D eigenvalue weighted by Gasteiger charge is -2.18. The number of carboxylic acid groups (broad SMARTS) is 2. The van der Waals surface area contributed by atoms with Crippen molar-refractivity contribution in [2.75, 3.05) is 26.2 Å². The lowest BCUT2D eigenvalue weighted by molar-refractivity contribution is -0.109. The van der Waals surface area contributed by atoms with E-state index in [0.29, 0.717) is 52.0 Å². The first-order chi connectivity index (χ1) is 12.0. The molecule has 0 aliphatic rings. The van der Waals surface area contributed by atoms with Gasteiger partial charge in [-0.25, -0.2) is 9.59 Å². The molecule has 0 unspecified atom stereocenters. The summed E-state index contributed by atoms with van der Waals surface area (Å²) < 4.78 is 0. The largest absolute Gasteiger partial charge is 0.465 e. The highest BCUT2D eigenvalue weighted by atomic mass is 16.4. The van der Waals surface area contributed by atoms with Crippen molar-refractivity contribution in [1.29, 1.82) is 0 Å². The summed E-state index contributed by atoms with van der Waals surface area (Å²) in [5.74, 6) is 0. The van der Waals surface area contributed by atoms with E-state index in [9.17, 15) is 14.4 Å². The average molecular weight is 354 g/mol. The van der Waals surface area contributed by atoms with Crippen LogP contribution < -0.4 is 16.4 Å². The molecular formula is C16H26N4O5. The van der Waals surface area contributed by atoms with Crippen molar-refractivity contribution in [2.45, 2.75) is 19.4 Å². The number of carbonyl (C=O) groups is 3. The number of amides is 3. The Balaban J connectivity index is 0.000000504. The molecule has 1 aromatic rings. The molecule has 0 spiro atoms. The van der Waals surface area contributed by atoms with E-state index in [1.54, 1.807) is 0 Å². The van der Waals surface area contributed by atoms with Crippen LogP contribution in [0.3, 0.4) is 0 Å². The first kappa shape index (κ1) is 22.2. The average Bonchev–Trinajstić information content (AvgIpc) is 2.59. The quantitative estimate of drug-likeness (QED) is 0.312. The smallest absolute Gasteiger partial charge is 0.407 e. The second-order valence-corrected chi connectivity index (χ2v) is 4.99. The molecule has 1 aromatic carbocycles. The number of benzene rings is 1. The Morgan fingerprint density at radius 1 is 1.12 bits per heavy atom. The fourth-order valence-electron chi connectivity index (χ4n) is 1.77. The van der Waals surface area contributed by atoms with Crippen molar-refractivity contribution in [3.63, 3.8) is 0 Å². The van der Waals surface area contributed by atoms with Gasteiger partial charge in [-0.15, -0.1) is 0 Å². The monoisotopic (exact) mass is 354 g/mol. The van der Waals surface area contributed by atoms with Crippen LogP contribution in [0, 0.1) is 0 Å². The number of rotatable bonds is 10. The third kappa shape index (κ3) is 13.3. The predicted octanol–water partition coefficient (Wildman–Crippen LogP) is 0.906. The zero-order valence-electron chi connectivity index (χ0n) is 14.1. The van der Waals surface area contributed by atoms with E-state index in [0.717, 1.165) is 5.56 Å². The predicted molar refractivity (Wildman–Crippen MR) is 93.3 cm³/mol. The Labute approximate surface area is 146 Å². The van der Waals surface area contributed by atoms with Crippen LogP contribution in [-0.4, -0.2) is 59.9 Å². The van der Waals surface area contributed by atoms with E-state index in [2.05, 4.69) is 10.6 Å². The fourth-order valence-corrected chi connectivity index (χ4v) is 1.77. The molecule has 6 N–H and O–H groups in total. The van der Waals surface area contributed by atoms with Crippen LogP contribution >= 0.6 is 0 Å². The molecule has 0 radical (unpaired) electrons. The summed E-state index contributed by atoms with van der Waals surface area (Å²) in [4.78, 5) is 31.8. The lowest BCUT2D eigenvalue weighted by Crippen LogP contribution is -2.31. The van der Waals surface area contributed by atoms with Crippen LogP contribution in [0.1, 0.15) is 18.4 Å². The van der Waals surface area contributed by atoms with Crippen molar-refractivity contribution in [2.24, 2.45) is 5.73 Å². The van der Waals surface area contributed by atoms with Gasteiger partial charge in [0.25, 0.3) is 0 Å². The van der Waals surface area contributed by atoms with E-state index >= 15 is 0 Å². The first-order valence-electron chi connectivity index (χ1n) is 7.87. The van der Waals surface area contributed by atoms with Crippen LogP contribution in [0.2, 0.25) is 0 Å². The van der Waals surface area contributed by atoms with Crippen molar-refractivity contribution in [1.82, 2.24) is 15.5 Å². The molecular weight excluding hydrogens is 328 g/mol. The third-order valence-corrected chi connectivity index (χ3v) is 2.98. The van der Waals surface area contributed by atoms with Gasteiger partial charge in [0.05, 0.1) is 0 Å². The number of nitrogens with zero attached hydrogens (tertiary/aromatic N) is 1. The molecule has 9 heteroatoms. The zero-order chi connectivity index (χ0) is 18.9. The van der Waals surface area contributed by atoms with E-state index in [1.165, 1.54) is 4.90 Å². The Hall–Kier alpha value is -2.81. The van der Waals surface area contributed by atoms with Crippen LogP contribution in [-0.2, 0) is 11.3 Å². The standard InChI is InChI=1S/C11H16N2O2.C5H10N2O3/c12-7-4-8-13(11(14)15)9-10-5-2-1-3-6-10;8-4-6-2-1-3-7-5(9)10/h1-3,5-6H,4,7-9,12H2,(H,14,15);4,7H,1-3H2,(H,6,8)(H,9,10). The molecule has 0 saturated heterocycles. The van der Waals surface area contributed by atoms with Crippen LogP contribution in [0.5, 0.6) is 0 Å². The third-order valence-electron chi connectivity index (χ3n) is 2.98. The molecule has 3 amide bonds. The molecule has 0 aromatic heterocycles. The van der Waals surface area contributed by atoms with E-state index < -0.39 is 12.2 Å². The van der Waals surface area contributed by atoms with Gasteiger partial charge in [0.15, 0.2) is 0 Å². The van der Waals surface area contributed by atoms with Crippen LogP contribution in [0.4, 0.5) is 9.59 Å². The maximum Gasteiger partial charge on any atom is 0.407 e. The molecule has 0 fully saturated rings. The molecule has 1 rings (SSSR count). The van der Waals surface area contributed by atoms with Gasteiger partial charge in [0, 0.05) is 26.2 Å². The van der Waals surface area contributed by atoms with Crippen LogP contribution in [0.25, 0.3) is 0 Å². The number of carbonyl (C=O) groups excluding carboxylic acids is 1. The van der Waals surface area contributed by atoms with Gasteiger partial charge < -0.3 is 31.5 Å². The molecule has 140 valence electrons. The maximum atomic E-state index is 10.9. The summed E-state index contributed by atoms with van der Waals surface area (Å²) in [5.41, 5.74) is 6.35. The van der Waals surface area contributed by atoms with Crippen LogP contribution in [0.15, 0.2) is 30.3 Å². The number of nitrogens with one attached hydrogen (secondary N) is 2. The van der Waals surface area contributed by atoms with E-state index in [1.807, 2.05) is 30.3 Å². The molecule has 0 aliphatic carbocycles. The molecule has 0 saturated carbocycles. The van der Waals surface area contributed by atoms with Gasteiger partial charge in [-0.1, -0.05) is 30.3 Å². The van der Waals surface area contributed by atoms with Crippen molar-refractivity contribution in [3.8, 4) is 0 Å². The van der Waals surface area contributed by atoms with E-state index in [4.69, 9.17) is 15.9 Å². The van der Waals surface area contributed by atoms with Crippen molar-refractivity contribution >= 4 is 18.6 Å². The molecule has 0 atom stereocenters. The second-order valence-electron chi connectivity index (χ2n) is 4.99. The topological polar surface area (TPSA) is 145 Å². The zero-order valence-corrected chi connectivity index (χ0v) is 14.1. The molecule has 25 heavy (non-hydrogen) atoms. The normalized spacial score (nSPS) is 9.32. The highest BCUT2D eigenvalue weighted by Crippen LogP contribution is 2.04. The summed E-state index contributed by atoms with van der Waals surface area (Å²) in [5, 5.41) is 21.6. The summed E-state index contributed by atoms with van der Waals surface area (Å²) in [6.07, 6.45) is -0.0382. The highest BCUT2D eigenvalue weighted by molar-refractivity contribution is 5.65. The highest BCUT2D eigenvalue weighted by Gasteiger charge is 2.10. The van der Waals surface area contributed by atoms with E-state index in [-0.39, 0.29) is 0 Å². The summed E-state index contributed by atoms with van der Waals surface area (Å²) in [6, 6.07) is 9.54. The van der Waals surface area contributed by atoms with Gasteiger partial charge in [-0.2, -0.15) is 0 Å². The second kappa shape index (κ2) is 14.8. The summed E-state index contributed by atoms with van der Waals surface area (Å²) >= 11 is 0.